The van der Waals surface area contributed by atoms with E-state index in [2.05, 4.69) is 170 Å². The molecule has 0 radical (unpaired) electrons. The van der Waals surface area contributed by atoms with Gasteiger partial charge in [0.15, 0.2) is 0 Å². The van der Waals surface area contributed by atoms with Crippen LogP contribution in [0.15, 0.2) is 170 Å². The lowest BCUT2D eigenvalue weighted by molar-refractivity contribution is 1.19. The first kappa shape index (κ1) is 27.1. The minimum Gasteiger partial charge on any atom is -0.0800 e. The number of hydrogen-bond donors (Lipinski definition) is 0. The second kappa shape index (κ2) is 11.9. The van der Waals surface area contributed by atoms with Crippen molar-refractivity contribution in [3.63, 3.8) is 0 Å². The van der Waals surface area contributed by atoms with Crippen molar-refractivity contribution in [3.05, 3.63) is 192 Å². The molecule has 0 amide bonds. The van der Waals surface area contributed by atoms with Crippen LogP contribution >= 0.6 is 21.6 Å². The quantitative estimate of drug-likeness (QED) is 0.167. The fourth-order valence-corrected chi connectivity index (χ4v) is 9.94. The third-order valence-electron chi connectivity index (χ3n) is 8.67. The summed E-state index contributed by atoms with van der Waals surface area (Å²) in [6.07, 6.45) is 0. The van der Waals surface area contributed by atoms with Crippen LogP contribution in [0.1, 0.15) is 32.8 Å². The van der Waals surface area contributed by atoms with Crippen molar-refractivity contribution in [1.29, 1.82) is 0 Å². The van der Waals surface area contributed by atoms with Gasteiger partial charge in [-0.15, -0.1) is 0 Å². The van der Waals surface area contributed by atoms with E-state index < -0.39 is 0 Å². The van der Waals surface area contributed by atoms with E-state index >= 15 is 0 Å². The predicted molar refractivity (Wildman–Crippen MR) is 195 cm³/mol. The summed E-state index contributed by atoms with van der Waals surface area (Å²) in [5, 5.41) is 10.6. The summed E-state index contributed by atoms with van der Waals surface area (Å²) in [6.45, 7) is 0. The van der Waals surface area contributed by atoms with E-state index in [1.807, 2.05) is 21.6 Å². The molecule has 8 rings (SSSR count). The van der Waals surface area contributed by atoms with E-state index in [-0.39, 0.29) is 10.5 Å². The van der Waals surface area contributed by atoms with Crippen molar-refractivity contribution in [2.45, 2.75) is 10.5 Å². The van der Waals surface area contributed by atoms with Gasteiger partial charge in [0.05, 0.1) is 10.5 Å². The van der Waals surface area contributed by atoms with Crippen LogP contribution in [-0.4, -0.2) is 0 Å². The first-order chi connectivity index (χ1) is 21.8. The van der Waals surface area contributed by atoms with E-state index in [1.54, 1.807) is 0 Å². The maximum absolute atomic E-state index is 2.33. The molecule has 0 N–H and O–H groups in total. The minimum atomic E-state index is 0.129. The third-order valence-corrected chi connectivity index (χ3v) is 11.7. The standard InChI is InChI=1S/C42H30S2/c1-5-21-33-29(13-1)17-9-25-37(33)41(38-26-10-18-30-14-2-6-22-34(30)38)43-44-42(39-27-11-19-31-15-3-7-23-35(31)39)40-28-12-20-32-16-4-8-24-36(32)40/h1-28,41-42H. The van der Waals surface area contributed by atoms with Crippen LogP contribution in [0.2, 0.25) is 0 Å². The van der Waals surface area contributed by atoms with Crippen LogP contribution in [0.4, 0.5) is 0 Å². The van der Waals surface area contributed by atoms with Gasteiger partial charge in [0, 0.05) is 0 Å². The zero-order valence-electron chi connectivity index (χ0n) is 24.1. The van der Waals surface area contributed by atoms with Gasteiger partial charge in [-0.25, -0.2) is 0 Å². The molecule has 0 spiro atoms. The largest absolute Gasteiger partial charge is 0.0800 e. The van der Waals surface area contributed by atoms with Crippen molar-refractivity contribution in [3.8, 4) is 0 Å². The van der Waals surface area contributed by atoms with Crippen LogP contribution in [0, 0.1) is 0 Å². The summed E-state index contributed by atoms with van der Waals surface area (Å²) in [5.41, 5.74) is 5.41. The Morgan fingerprint density at radius 2 is 0.477 bits per heavy atom. The summed E-state index contributed by atoms with van der Waals surface area (Å²) in [6, 6.07) is 62.3. The number of hydrogen-bond acceptors (Lipinski definition) is 2. The van der Waals surface area contributed by atoms with Crippen molar-refractivity contribution in [1.82, 2.24) is 0 Å². The SMILES string of the molecule is c1ccc2c(C(SSC(c3cccc4ccccc34)c3cccc4ccccc34)c3cccc4ccccc34)cccc2c1. The molecule has 0 atom stereocenters. The fraction of sp³-hybridized carbons (Fsp3) is 0.0476. The van der Waals surface area contributed by atoms with E-state index in [9.17, 15) is 0 Å². The smallest absolute Gasteiger partial charge is 0.0662 e. The Labute approximate surface area is 266 Å². The molecule has 0 saturated heterocycles. The van der Waals surface area contributed by atoms with Gasteiger partial charge >= 0.3 is 0 Å². The van der Waals surface area contributed by atoms with E-state index in [4.69, 9.17) is 0 Å². The Morgan fingerprint density at radius 3 is 0.750 bits per heavy atom. The fourth-order valence-electron chi connectivity index (χ4n) is 6.57. The molecule has 8 aromatic carbocycles. The lowest BCUT2D eigenvalue weighted by atomic mass is 9.94. The van der Waals surface area contributed by atoms with Gasteiger partial charge in [0.2, 0.25) is 0 Å². The van der Waals surface area contributed by atoms with Gasteiger partial charge in [-0.1, -0.05) is 191 Å². The Morgan fingerprint density at radius 1 is 0.250 bits per heavy atom. The molecule has 2 heteroatoms. The van der Waals surface area contributed by atoms with Gasteiger partial charge in [-0.05, 0) is 65.3 Å². The lowest BCUT2D eigenvalue weighted by Crippen LogP contribution is -2.02. The highest BCUT2D eigenvalue weighted by Crippen LogP contribution is 2.54. The first-order valence-corrected chi connectivity index (χ1v) is 17.4. The third kappa shape index (κ3) is 4.95. The Balaban J connectivity index is 1.32. The van der Waals surface area contributed by atoms with Crippen molar-refractivity contribution >= 4 is 64.7 Å². The summed E-state index contributed by atoms with van der Waals surface area (Å²) < 4.78 is 0. The van der Waals surface area contributed by atoms with E-state index in [0.717, 1.165) is 0 Å². The van der Waals surface area contributed by atoms with E-state index in [1.165, 1.54) is 65.3 Å². The van der Waals surface area contributed by atoms with E-state index in [0.29, 0.717) is 0 Å². The molecular formula is C42H30S2. The summed E-state index contributed by atoms with van der Waals surface area (Å²) in [4.78, 5) is 0. The lowest BCUT2D eigenvalue weighted by Gasteiger charge is -2.25. The van der Waals surface area contributed by atoms with Crippen molar-refractivity contribution < 1.29 is 0 Å². The molecule has 0 aliphatic carbocycles. The molecule has 0 aromatic heterocycles. The molecule has 210 valence electrons. The van der Waals surface area contributed by atoms with Gasteiger partial charge < -0.3 is 0 Å². The van der Waals surface area contributed by atoms with Gasteiger partial charge in [0.25, 0.3) is 0 Å². The molecule has 0 nitrogen and oxygen atoms in total. The second-order valence-corrected chi connectivity index (χ2v) is 13.7. The second-order valence-electron chi connectivity index (χ2n) is 11.2. The molecule has 8 aromatic rings. The average Bonchev–Trinajstić information content (AvgIpc) is 3.10. The van der Waals surface area contributed by atoms with Gasteiger partial charge in [-0.3, -0.25) is 0 Å². The normalized spacial score (nSPS) is 11.8. The Kier molecular flexibility index (Phi) is 7.31. The Bertz CT molecular complexity index is 1930. The molecule has 44 heavy (non-hydrogen) atoms. The van der Waals surface area contributed by atoms with Crippen LogP contribution in [0.5, 0.6) is 0 Å². The molecule has 0 heterocycles. The highest BCUT2D eigenvalue weighted by atomic mass is 33.1. The summed E-state index contributed by atoms with van der Waals surface area (Å²) >= 11 is 0. The molecular weight excluding hydrogens is 569 g/mol. The first-order valence-electron chi connectivity index (χ1n) is 15.1. The van der Waals surface area contributed by atoms with Gasteiger partial charge in [-0.2, -0.15) is 0 Å². The Hall–Kier alpha value is -4.50. The predicted octanol–water partition coefficient (Wildman–Crippen LogP) is 12.6. The molecule has 0 fully saturated rings. The van der Waals surface area contributed by atoms with Crippen LogP contribution in [0.25, 0.3) is 43.1 Å². The maximum atomic E-state index is 2.33. The molecule has 0 aliphatic heterocycles. The zero-order valence-corrected chi connectivity index (χ0v) is 25.8. The monoisotopic (exact) mass is 598 g/mol. The van der Waals surface area contributed by atoms with Crippen LogP contribution in [0.3, 0.4) is 0 Å². The van der Waals surface area contributed by atoms with Crippen LogP contribution < -0.4 is 0 Å². The highest BCUT2D eigenvalue weighted by Gasteiger charge is 2.26. The number of benzene rings is 8. The summed E-state index contributed by atoms with van der Waals surface area (Å²) in [7, 11) is 3.98. The molecule has 0 aliphatic rings. The highest BCUT2D eigenvalue weighted by molar-refractivity contribution is 8.76. The van der Waals surface area contributed by atoms with Crippen LogP contribution in [-0.2, 0) is 0 Å². The molecule has 0 saturated carbocycles. The van der Waals surface area contributed by atoms with Gasteiger partial charge in [0.1, 0.15) is 0 Å². The summed E-state index contributed by atoms with van der Waals surface area (Å²) in [5.74, 6) is 0. The van der Waals surface area contributed by atoms with Crippen molar-refractivity contribution in [2.75, 3.05) is 0 Å². The molecule has 0 unspecified atom stereocenters. The minimum absolute atomic E-state index is 0.129. The number of rotatable bonds is 7. The zero-order chi connectivity index (χ0) is 29.3. The van der Waals surface area contributed by atoms with Crippen molar-refractivity contribution in [2.24, 2.45) is 0 Å². The maximum Gasteiger partial charge on any atom is 0.0662 e. The molecule has 0 bridgehead atoms. The average molecular weight is 599 g/mol. The number of fused-ring (bicyclic) bond motifs is 4. The topological polar surface area (TPSA) is 0 Å².